The van der Waals surface area contributed by atoms with Gasteiger partial charge in [-0.25, -0.2) is 14.3 Å². The highest BCUT2D eigenvalue weighted by Crippen LogP contribution is 2.19. The monoisotopic (exact) mass is 291 g/mol. The summed E-state index contributed by atoms with van der Waals surface area (Å²) in [4.78, 5) is 24.5. The lowest BCUT2D eigenvalue weighted by atomic mass is 10.2. The van der Waals surface area contributed by atoms with E-state index in [-0.39, 0.29) is 23.6 Å². The zero-order valence-electron chi connectivity index (χ0n) is 10.2. The van der Waals surface area contributed by atoms with Crippen molar-refractivity contribution in [2.45, 2.75) is 13.8 Å². The predicted octanol–water partition coefficient (Wildman–Crippen LogP) is 0.424. The number of carboxylic acids is 1. The first-order valence-electron chi connectivity index (χ1n) is 5.15. The molecule has 0 unspecified atom stereocenters. The molecule has 0 bridgehead atoms. The van der Waals surface area contributed by atoms with E-state index in [0.717, 1.165) is 0 Å². The number of carbonyl (C=O) groups is 2. The molecule has 1 rings (SSSR count). The van der Waals surface area contributed by atoms with Gasteiger partial charge in [0.15, 0.2) is 0 Å². The summed E-state index contributed by atoms with van der Waals surface area (Å²) in [5, 5.41) is 8.93. The number of aromatic carboxylic acids is 1. The topological polar surface area (TPSA) is 138 Å². The maximum absolute atomic E-state index is 11.5. The molecule has 0 aliphatic carbocycles. The van der Waals surface area contributed by atoms with E-state index < -0.39 is 22.3 Å². The highest BCUT2D eigenvalue weighted by atomic mass is 32.2. The zero-order chi connectivity index (χ0) is 14.6. The van der Waals surface area contributed by atoms with Crippen LogP contribution in [0.4, 0.5) is 10.5 Å². The van der Waals surface area contributed by atoms with Gasteiger partial charge in [-0.05, 0) is 13.8 Å². The summed E-state index contributed by atoms with van der Waals surface area (Å²) < 4.78 is 31.0. The molecule has 1 heterocycles. The van der Waals surface area contributed by atoms with E-state index in [1.165, 1.54) is 20.0 Å². The van der Waals surface area contributed by atoms with Crippen LogP contribution in [0.2, 0.25) is 0 Å². The fraction of sp³-hybridized carbons (Fsp3) is 0.333. The number of anilines is 1. The van der Waals surface area contributed by atoms with Crippen molar-refractivity contribution < 1.29 is 27.9 Å². The number of hydrogen-bond donors (Lipinski definition) is 4. The Kier molecular flexibility index (Phi) is 4.38. The minimum atomic E-state index is -4.26. The van der Waals surface area contributed by atoms with Crippen molar-refractivity contribution in [3.8, 4) is 0 Å². The third-order valence-electron chi connectivity index (χ3n) is 2.03. The van der Waals surface area contributed by atoms with Crippen LogP contribution in [0.3, 0.4) is 0 Å². The van der Waals surface area contributed by atoms with Gasteiger partial charge in [0, 0.05) is 11.9 Å². The standard InChI is InChI=1S/C9H13N3O6S/c1-3-18-9(15)12-19(16,17)11-6-4-10-5(2)7(6)8(13)14/h4,10-11H,3H2,1-2H3,(H,12,15)(H,13,14). The molecule has 106 valence electrons. The van der Waals surface area contributed by atoms with E-state index in [0.29, 0.717) is 0 Å². The van der Waals surface area contributed by atoms with Gasteiger partial charge in [0.05, 0.1) is 12.3 Å². The number of H-pyrrole nitrogens is 1. The Morgan fingerprint density at radius 3 is 2.63 bits per heavy atom. The summed E-state index contributed by atoms with van der Waals surface area (Å²) in [5.41, 5.74) is -0.127. The van der Waals surface area contributed by atoms with E-state index >= 15 is 0 Å². The Hall–Kier alpha value is -2.23. The Bertz CT molecular complexity index is 591. The molecule has 1 amide bonds. The number of amides is 1. The molecule has 0 aliphatic heterocycles. The van der Waals surface area contributed by atoms with Crippen molar-refractivity contribution in [2.24, 2.45) is 0 Å². The molecule has 0 aromatic carbocycles. The van der Waals surface area contributed by atoms with Crippen molar-refractivity contribution in [3.05, 3.63) is 17.5 Å². The van der Waals surface area contributed by atoms with Crippen LogP contribution < -0.4 is 9.44 Å². The van der Waals surface area contributed by atoms with E-state index in [2.05, 4.69) is 9.72 Å². The van der Waals surface area contributed by atoms with Gasteiger partial charge in [0.2, 0.25) is 0 Å². The molecular weight excluding hydrogens is 278 g/mol. The van der Waals surface area contributed by atoms with Gasteiger partial charge in [-0.1, -0.05) is 0 Å². The fourth-order valence-corrected chi connectivity index (χ4v) is 2.10. The smallest absolute Gasteiger partial charge is 0.422 e. The van der Waals surface area contributed by atoms with Crippen molar-refractivity contribution in [1.82, 2.24) is 9.71 Å². The second-order valence-corrected chi connectivity index (χ2v) is 4.85. The maximum atomic E-state index is 11.5. The fourth-order valence-electron chi connectivity index (χ4n) is 1.32. The van der Waals surface area contributed by atoms with Crippen molar-refractivity contribution in [2.75, 3.05) is 11.3 Å². The predicted molar refractivity (Wildman–Crippen MR) is 65.2 cm³/mol. The largest absolute Gasteiger partial charge is 0.478 e. The molecule has 9 nitrogen and oxygen atoms in total. The first-order valence-corrected chi connectivity index (χ1v) is 6.63. The van der Waals surface area contributed by atoms with E-state index in [1.807, 2.05) is 4.72 Å². The molecule has 1 aromatic rings. The SMILES string of the molecule is CCOC(=O)NS(=O)(=O)Nc1c[nH]c(C)c1C(=O)O. The molecule has 10 heteroatoms. The Balaban J connectivity index is 2.90. The van der Waals surface area contributed by atoms with Gasteiger partial charge in [0.25, 0.3) is 0 Å². The molecule has 0 fully saturated rings. The first kappa shape index (κ1) is 14.8. The van der Waals surface area contributed by atoms with Crippen LogP contribution in [0.25, 0.3) is 0 Å². The van der Waals surface area contributed by atoms with Crippen molar-refractivity contribution in [1.29, 1.82) is 0 Å². The van der Waals surface area contributed by atoms with Crippen LogP contribution in [0.5, 0.6) is 0 Å². The maximum Gasteiger partial charge on any atom is 0.422 e. The lowest BCUT2D eigenvalue weighted by molar-refractivity contribution is 0.0697. The number of aryl methyl sites for hydroxylation is 1. The minimum absolute atomic E-state index is 0.00495. The number of carbonyl (C=O) groups excluding carboxylic acids is 1. The molecule has 1 aromatic heterocycles. The summed E-state index contributed by atoms with van der Waals surface area (Å²) >= 11 is 0. The molecule has 0 saturated heterocycles. The number of carboxylic acid groups (broad SMARTS) is 1. The second-order valence-electron chi connectivity index (χ2n) is 3.44. The second kappa shape index (κ2) is 5.61. The molecule has 0 saturated carbocycles. The summed E-state index contributed by atoms with van der Waals surface area (Å²) in [6.45, 7) is 2.99. The molecule has 0 aliphatic rings. The highest BCUT2D eigenvalue weighted by molar-refractivity contribution is 7.91. The first-order chi connectivity index (χ1) is 8.76. The molecule has 0 atom stereocenters. The molecule has 4 N–H and O–H groups in total. The number of rotatable bonds is 5. The van der Waals surface area contributed by atoms with Crippen LogP contribution >= 0.6 is 0 Å². The quantitative estimate of drug-likeness (QED) is 0.620. The van der Waals surface area contributed by atoms with E-state index in [1.54, 1.807) is 4.72 Å². The Labute approximate surface area is 109 Å². The van der Waals surface area contributed by atoms with Gasteiger partial charge in [-0.3, -0.25) is 4.72 Å². The lowest BCUT2D eigenvalue weighted by Gasteiger charge is -2.08. The van der Waals surface area contributed by atoms with Crippen LogP contribution in [0.1, 0.15) is 23.0 Å². The minimum Gasteiger partial charge on any atom is -0.478 e. The number of aromatic nitrogens is 1. The van der Waals surface area contributed by atoms with Crippen LogP contribution in [-0.4, -0.2) is 37.2 Å². The number of aromatic amines is 1. The third kappa shape index (κ3) is 3.88. The van der Waals surface area contributed by atoms with E-state index in [4.69, 9.17) is 5.11 Å². The average molecular weight is 291 g/mol. The summed E-state index contributed by atoms with van der Waals surface area (Å²) in [7, 11) is -4.26. The number of ether oxygens (including phenoxy) is 1. The normalized spacial score (nSPS) is 10.8. The van der Waals surface area contributed by atoms with Crippen molar-refractivity contribution in [3.63, 3.8) is 0 Å². The highest BCUT2D eigenvalue weighted by Gasteiger charge is 2.21. The molecule has 0 radical (unpaired) electrons. The zero-order valence-corrected chi connectivity index (χ0v) is 11.0. The Morgan fingerprint density at radius 2 is 2.11 bits per heavy atom. The van der Waals surface area contributed by atoms with Gasteiger partial charge < -0.3 is 14.8 Å². The van der Waals surface area contributed by atoms with Crippen LogP contribution in [-0.2, 0) is 14.9 Å². The third-order valence-corrected chi connectivity index (χ3v) is 2.95. The summed E-state index contributed by atoms with van der Waals surface area (Å²) in [6.07, 6.45) is 0.0162. The number of nitrogens with one attached hydrogen (secondary N) is 3. The molecule has 0 spiro atoms. The Morgan fingerprint density at radius 1 is 1.47 bits per heavy atom. The van der Waals surface area contributed by atoms with E-state index in [9.17, 15) is 18.0 Å². The van der Waals surface area contributed by atoms with Gasteiger partial charge >= 0.3 is 22.3 Å². The summed E-state index contributed by atoms with van der Waals surface area (Å²) in [5.74, 6) is -1.30. The average Bonchev–Trinajstić information content (AvgIpc) is 2.57. The number of hydrogen-bond acceptors (Lipinski definition) is 5. The van der Waals surface area contributed by atoms with Gasteiger partial charge in [-0.2, -0.15) is 8.42 Å². The van der Waals surface area contributed by atoms with Gasteiger partial charge in [0.1, 0.15) is 5.56 Å². The van der Waals surface area contributed by atoms with Gasteiger partial charge in [-0.15, -0.1) is 0 Å². The molecule has 19 heavy (non-hydrogen) atoms. The van der Waals surface area contributed by atoms with Crippen LogP contribution in [0, 0.1) is 6.92 Å². The van der Waals surface area contributed by atoms with Crippen LogP contribution in [0.15, 0.2) is 6.20 Å². The molecular formula is C9H13N3O6S. The van der Waals surface area contributed by atoms with Crippen molar-refractivity contribution >= 4 is 28.0 Å². The lowest BCUT2D eigenvalue weighted by Crippen LogP contribution is -2.36. The summed E-state index contributed by atoms with van der Waals surface area (Å²) in [6, 6.07) is 0.